The van der Waals surface area contributed by atoms with E-state index in [1.54, 1.807) is 0 Å². The first-order chi connectivity index (χ1) is 13.9. The Kier molecular flexibility index (Phi) is 12.0. The van der Waals surface area contributed by atoms with Gasteiger partial charge in [0, 0.05) is 12.2 Å². The van der Waals surface area contributed by atoms with Gasteiger partial charge in [0.15, 0.2) is 0 Å². The molecule has 0 fully saturated rings. The predicted molar refractivity (Wildman–Crippen MR) is 105 cm³/mol. The first-order valence-corrected chi connectivity index (χ1v) is 9.23. The second-order valence-electron chi connectivity index (χ2n) is 6.17. The molecule has 4 atom stereocenters. The van der Waals surface area contributed by atoms with Gasteiger partial charge in [-0.2, -0.15) is 12.6 Å². The second kappa shape index (κ2) is 13.3. The summed E-state index contributed by atoms with van der Waals surface area (Å²) in [6.45, 7) is -0.847. The van der Waals surface area contributed by atoms with E-state index in [0.29, 0.717) is 0 Å². The Hall–Kier alpha value is -2.91. The molecule has 0 heterocycles. The van der Waals surface area contributed by atoms with Crippen LogP contribution in [0.25, 0.3) is 0 Å². The minimum absolute atomic E-state index is 0.0360. The van der Waals surface area contributed by atoms with E-state index >= 15 is 0 Å². The highest BCUT2D eigenvalue weighted by molar-refractivity contribution is 7.80. The van der Waals surface area contributed by atoms with E-state index in [-0.39, 0.29) is 18.6 Å². The zero-order chi connectivity index (χ0) is 23.4. The molecule has 0 rings (SSSR count). The van der Waals surface area contributed by atoms with Crippen molar-refractivity contribution in [2.45, 2.75) is 43.4 Å². The van der Waals surface area contributed by atoms with Crippen LogP contribution in [-0.4, -0.2) is 82.2 Å². The SMILES string of the molecule is NC(=O)CCC(NC(=O)C(CO)NC(=O)C(N)CS)C(=O)NC(CC(N)=O)C(=O)O. The van der Waals surface area contributed by atoms with Crippen molar-refractivity contribution in [2.24, 2.45) is 17.2 Å². The molecule has 30 heavy (non-hydrogen) atoms. The summed E-state index contributed by atoms with van der Waals surface area (Å²) in [4.78, 5) is 69.7. The quantitative estimate of drug-likeness (QED) is 0.114. The first-order valence-electron chi connectivity index (χ1n) is 8.60. The number of amides is 5. The summed E-state index contributed by atoms with van der Waals surface area (Å²) in [7, 11) is 0. The summed E-state index contributed by atoms with van der Waals surface area (Å²) in [5.74, 6) is -6.24. The van der Waals surface area contributed by atoms with Gasteiger partial charge < -0.3 is 43.4 Å². The first kappa shape index (κ1) is 27.1. The third-order valence-electron chi connectivity index (χ3n) is 3.68. The lowest BCUT2D eigenvalue weighted by atomic mass is 10.1. The number of carbonyl (C=O) groups is 6. The van der Waals surface area contributed by atoms with E-state index in [0.717, 1.165) is 0 Å². The largest absolute Gasteiger partial charge is 0.480 e. The number of aliphatic carboxylic acids is 1. The monoisotopic (exact) mass is 450 g/mol. The maximum atomic E-state index is 12.4. The van der Waals surface area contributed by atoms with Crippen LogP contribution in [0.4, 0.5) is 0 Å². The lowest BCUT2D eigenvalue weighted by Gasteiger charge is -2.24. The number of hydrogen-bond donors (Lipinski definition) is 9. The second-order valence-corrected chi connectivity index (χ2v) is 6.53. The van der Waals surface area contributed by atoms with Crippen LogP contribution in [0.15, 0.2) is 0 Å². The van der Waals surface area contributed by atoms with Crippen LogP contribution in [0.2, 0.25) is 0 Å². The minimum atomic E-state index is -1.68. The Balaban J connectivity index is 5.34. The highest BCUT2D eigenvalue weighted by Crippen LogP contribution is 2.02. The normalized spacial score (nSPS) is 14.5. The molecule has 0 radical (unpaired) electrons. The molecule has 0 bridgehead atoms. The van der Waals surface area contributed by atoms with Crippen molar-refractivity contribution >= 4 is 48.1 Å². The van der Waals surface area contributed by atoms with E-state index in [9.17, 15) is 33.9 Å². The summed E-state index contributed by atoms with van der Waals surface area (Å²) in [6.07, 6.45) is -1.39. The molecule has 14 nitrogen and oxygen atoms in total. The van der Waals surface area contributed by atoms with Crippen molar-refractivity contribution < 1.29 is 39.0 Å². The molecule has 0 aromatic heterocycles. The summed E-state index contributed by atoms with van der Waals surface area (Å²) in [5.41, 5.74) is 15.4. The molecule has 5 amide bonds. The molecule has 0 aromatic carbocycles. The molecular formula is C15H26N6O8S. The fourth-order valence-corrected chi connectivity index (χ4v) is 2.22. The number of carboxylic acid groups (broad SMARTS) is 1. The highest BCUT2D eigenvalue weighted by Gasteiger charge is 2.30. The van der Waals surface area contributed by atoms with E-state index in [1.165, 1.54) is 0 Å². The van der Waals surface area contributed by atoms with Crippen LogP contribution in [0.5, 0.6) is 0 Å². The summed E-state index contributed by atoms with van der Waals surface area (Å²) in [6, 6.07) is -5.70. The fourth-order valence-electron chi connectivity index (χ4n) is 2.06. The van der Waals surface area contributed by atoms with Gasteiger partial charge in [-0.25, -0.2) is 4.79 Å². The molecule has 0 saturated carbocycles. The van der Waals surface area contributed by atoms with Gasteiger partial charge in [-0.05, 0) is 6.42 Å². The van der Waals surface area contributed by atoms with Gasteiger partial charge in [0.2, 0.25) is 29.5 Å². The Bertz CT molecular complexity index is 676. The van der Waals surface area contributed by atoms with E-state index in [1.807, 2.05) is 5.32 Å². The van der Waals surface area contributed by atoms with Crippen molar-refractivity contribution in [1.82, 2.24) is 16.0 Å². The molecule has 0 spiro atoms. The zero-order valence-electron chi connectivity index (χ0n) is 15.9. The van der Waals surface area contributed by atoms with Crippen LogP contribution in [-0.2, 0) is 28.8 Å². The lowest BCUT2D eigenvalue weighted by molar-refractivity contribution is -0.144. The number of carbonyl (C=O) groups excluding carboxylic acids is 5. The molecule has 0 aliphatic rings. The van der Waals surface area contributed by atoms with Crippen molar-refractivity contribution in [1.29, 1.82) is 0 Å². The molecule has 4 unspecified atom stereocenters. The standard InChI is InChI=1S/C15H26N6O8S/c16-6(5-30)12(25)21-9(4-22)14(27)19-7(1-2-10(17)23)13(26)20-8(15(28)29)3-11(18)24/h6-9,22,30H,1-5,16H2,(H2,17,23)(H2,18,24)(H,19,27)(H,20,26)(H,21,25)(H,28,29). The average molecular weight is 450 g/mol. The van der Waals surface area contributed by atoms with Gasteiger partial charge in [0.25, 0.3) is 0 Å². The summed E-state index contributed by atoms with van der Waals surface area (Å²) < 4.78 is 0. The van der Waals surface area contributed by atoms with E-state index < -0.39 is 72.7 Å². The third-order valence-corrected chi connectivity index (χ3v) is 4.07. The molecule has 15 heteroatoms. The average Bonchev–Trinajstić information content (AvgIpc) is 2.66. The Labute approximate surface area is 176 Å². The molecule has 0 aliphatic carbocycles. The predicted octanol–water partition coefficient (Wildman–Crippen LogP) is -5.08. The van der Waals surface area contributed by atoms with Crippen LogP contribution in [0, 0.1) is 0 Å². The van der Waals surface area contributed by atoms with Crippen LogP contribution >= 0.6 is 12.6 Å². The van der Waals surface area contributed by atoms with Gasteiger partial charge in [0.1, 0.15) is 18.1 Å². The summed E-state index contributed by atoms with van der Waals surface area (Å²) in [5, 5.41) is 24.8. The van der Waals surface area contributed by atoms with Gasteiger partial charge in [-0.15, -0.1) is 0 Å². The molecule has 0 saturated heterocycles. The maximum Gasteiger partial charge on any atom is 0.326 e. The molecule has 0 aliphatic heterocycles. The molecule has 0 aromatic rings. The van der Waals surface area contributed by atoms with Crippen LogP contribution < -0.4 is 33.2 Å². The fraction of sp³-hybridized carbons (Fsp3) is 0.600. The van der Waals surface area contributed by atoms with Crippen molar-refractivity contribution in [3.63, 3.8) is 0 Å². The lowest BCUT2D eigenvalue weighted by Crippen LogP contribution is -2.58. The number of nitrogens with two attached hydrogens (primary N) is 3. The van der Waals surface area contributed by atoms with E-state index in [4.69, 9.17) is 22.3 Å². The van der Waals surface area contributed by atoms with Gasteiger partial charge >= 0.3 is 5.97 Å². The van der Waals surface area contributed by atoms with Crippen molar-refractivity contribution in [2.75, 3.05) is 12.4 Å². The van der Waals surface area contributed by atoms with Crippen LogP contribution in [0.1, 0.15) is 19.3 Å². The molecule has 11 N–H and O–H groups in total. The van der Waals surface area contributed by atoms with Gasteiger partial charge in [0.05, 0.1) is 19.1 Å². The Morgan fingerprint density at radius 1 is 0.833 bits per heavy atom. The number of aliphatic hydroxyl groups excluding tert-OH is 1. The Morgan fingerprint density at radius 2 is 1.33 bits per heavy atom. The minimum Gasteiger partial charge on any atom is -0.480 e. The topological polar surface area (TPSA) is 257 Å². The highest BCUT2D eigenvalue weighted by atomic mass is 32.1. The van der Waals surface area contributed by atoms with Crippen molar-refractivity contribution in [3.8, 4) is 0 Å². The number of primary amides is 2. The van der Waals surface area contributed by atoms with Gasteiger partial charge in [-0.1, -0.05) is 0 Å². The number of nitrogens with one attached hydrogen (secondary N) is 3. The van der Waals surface area contributed by atoms with E-state index in [2.05, 4.69) is 23.3 Å². The number of hydrogen-bond acceptors (Lipinski definition) is 9. The number of thiol groups is 1. The third kappa shape index (κ3) is 10.0. The number of rotatable bonds is 14. The van der Waals surface area contributed by atoms with Gasteiger partial charge in [-0.3, -0.25) is 24.0 Å². The smallest absolute Gasteiger partial charge is 0.326 e. The van der Waals surface area contributed by atoms with Crippen LogP contribution in [0.3, 0.4) is 0 Å². The Morgan fingerprint density at radius 3 is 1.77 bits per heavy atom. The molecule has 170 valence electrons. The number of carboxylic acids is 1. The number of aliphatic hydroxyl groups is 1. The molecular weight excluding hydrogens is 424 g/mol. The zero-order valence-corrected chi connectivity index (χ0v) is 16.8. The summed E-state index contributed by atoms with van der Waals surface area (Å²) >= 11 is 3.83. The maximum absolute atomic E-state index is 12.4. The van der Waals surface area contributed by atoms with Crippen molar-refractivity contribution in [3.05, 3.63) is 0 Å².